The summed E-state index contributed by atoms with van der Waals surface area (Å²) in [5, 5.41) is -1.10. The van der Waals surface area contributed by atoms with Gasteiger partial charge in [0.15, 0.2) is 5.78 Å². The SMILES string of the molecule is CCOP(=O)(OCC)[C@@]12CC(C)=C(C)C[C@@H]1C(C)(C)C=CC2=O. The van der Waals surface area contributed by atoms with E-state index < -0.39 is 12.8 Å². The zero-order chi connectivity index (χ0) is 17.5. The first-order valence-electron chi connectivity index (χ1n) is 8.42. The molecule has 0 fully saturated rings. The van der Waals surface area contributed by atoms with E-state index in [2.05, 4.69) is 20.8 Å². The van der Waals surface area contributed by atoms with Crippen LogP contribution in [0, 0.1) is 11.3 Å². The van der Waals surface area contributed by atoms with Gasteiger partial charge >= 0.3 is 7.60 Å². The van der Waals surface area contributed by atoms with Gasteiger partial charge in [0.1, 0.15) is 5.16 Å². The van der Waals surface area contributed by atoms with E-state index in [0.29, 0.717) is 6.42 Å². The molecule has 0 aliphatic heterocycles. The summed E-state index contributed by atoms with van der Waals surface area (Å²) in [6.07, 6.45) is 4.75. The summed E-state index contributed by atoms with van der Waals surface area (Å²) >= 11 is 0. The molecule has 130 valence electrons. The summed E-state index contributed by atoms with van der Waals surface area (Å²) < 4.78 is 25.1. The average Bonchev–Trinajstić information content (AvgIpc) is 2.46. The number of fused-ring (bicyclic) bond motifs is 1. The van der Waals surface area contributed by atoms with Gasteiger partial charge in [0.05, 0.1) is 13.2 Å². The fourth-order valence-electron chi connectivity index (χ4n) is 4.05. The van der Waals surface area contributed by atoms with E-state index in [1.165, 1.54) is 5.57 Å². The molecule has 0 saturated carbocycles. The number of hydrogen-bond donors (Lipinski definition) is 0. The summed E-state index contributed by atoms with van der Waals surface area (Å²) in [6.45, 7) is 12.5. The number of rotatable bonds is 5. The first-order chi connectivity index (χ1) is 10.6. The van der Waals surface area contributed by atoms with E-state index in [0.717, 1.165) is 12.0 Å². The van der Waals surface area contributed by atoms with Crippen LogP contribution in [0.25, 0.3) is 0 Å². The summed E-state index contributed by atoms with van der Waals surface area (Å²) in [5.41, 5.74) is 2.17. The molecule has 0 saturated heterocycles. The molecule has 0 aromatic heterocycles. The van der Waals surface area contributed by atoms with Crippen molar-refractivity contribution in [3.8, 4) is 0 Å². The fourth-order valence-corrected chi connectivity index (χ4v) is 6.84. The lowest BCUT2D eigenvalue weighted by atomic mass is 9.60. The molecule has 0 bridgehead atoms. The Morgan fingerprint density at radius 2 is 1.74 bits per heavy atom. The van der Waals surface area contributed by atoms with Crippen molar-refractivity contribution >= 4 is 13.4 Å². The normalized spacial score (nSPS) is 30.5. The van der Waals surface area contributed by atoms with Crippen molar-refractivity contribution in [3.05, 3.63) is 23.3 Å². The van der Waals surface area contributed by atoms with Crippen molar-refractivity contribution in [1.82, 2.24) is 0 Å². The van der Waals surface area contributed by atoms with Gasteiger partial charge in [0.25, 0.3) is 0 Å². The first-order valence-corrected chi connectivity index (χ1v) is 9.97. The Balaban J connectivity index is 2.71. The minimum atomic E-state index is -3.58. The molecule has 0 radical (unpaired) electrons. The largest absolute Gasteiger partial charge is 0.345 e. The number of allylic oxidation sites excluding steroid dienone is 4. The molecule has 23 heavy (non-hydrogen) atoms. The molecule has 4 nitrogen and oxygen atoms in total. The second kappa shape index (κ2) is 6.31. The molecule has 2 rings (SSSR count). The van der Waals surface area contributed by atoms with E-state index in [1.54, 1.807) is 19.9 Å². The van der Waals surface area contributed by atoms with E-state index in [1.807, 2.05) is 13.0 Å². The predicted octanol–water partition coefficient (Wildman–Crippen LogP) is 4.90. The molecule has 0 unspecified atom stereocenters. The van der Waals surface area contributed by atoms with Crippen molar-refractivity contribution in [1.29, 1.82) is 0 Å². The summed E-state index contributed by atoms with van der Waals surface area (Å²) in [4.78, 5) is 13.0. The number of carbonyl (C=O) groups is 1. The molecule has 0 amide bonds. The van der Waals surface area contributed by atoms with Crippen LogP contribution in [0.2, 0.25) is 0 Å². The van der Waals surface area contributed by atoms with E-state index in [-0.39, 0.29) is 30.3 Å². The van der Waals surface area contributed by atoms with Crippen LogP contribution in [0.15, 0.2) is 23.3 Å². The van der Waals surface area contributed by atoms with Gasteiger partial charge in [-0.25, -0.2) is 0 Å². The quantitative estimate of drug-likeness (QED) is 0.527. The van der Waals surface area contributed by atoms with Crippen LogP contribution in [0.1, 0.15) is 54.4 Å². The Hall–Kier alpha value is -0.700. The first kappa shape index (κ1) is 18.6. The highest BCUT2D eigenvalue weighted by Gasteiger charge is 2.65. The van der Waals surface area contributed by atoms with Crippen molar-refractivity contribution in [2.45, 2.75) is 59.5 Å². The Bertz CT molecular complexity index is 592. The van der Waals surface area contributed by atoms with Crippen LogP contribution in [0.3, 0.4) is 0 Å². The highest BCUT2D eigenvalue weighted by molar-refractivity contribution is 7.57. The van der Waals surface area contributed by atoms with Crippen LogP contribution < -0.4 is 0 Å². The topological polar surface area (TPSA) is 52.6 Å². The lowest BCUT2D eigenvalue weighted by molar-refractivity contribution is -0.121. The average molecular weight is 340 g/mol. The third kappa shape index (κ3) is 2.79. The van der Waals surface area contributed by atoms with Gasteiger partial charge in [-0.05, 0) is 57.9 Å². The minimum absolute atomic E-state index is 0.0832. The lowest BCUT2D eigenvalue weighted by Crippen LogP contribution is -2.55. The molecule has 2 aliphatic carbocycles. The van der Waals surface area contributed by atoms with E-state index in [4.69, 9.17) is 9.05 Å². The van der Waals surface area contributed by atoms with E-state index >= 15 is 0 Å². The van der Waals surface area contributed by atoms with Gasteiger partial charge in [0, 0.05) is 0 Å². The Morgan fingerprint density at radius 1 is 1.17 bits per heavy atom. The van der Waals surface area contributed by atoms with Gasteiger partial charge in [-0.1, -0.05) is 31.1 Å². The number of ketones is 1. The van der Waals surface area contributed by atoms with Crippen LogP contribution in [0.5, 0.6) is 0 Å². The molecule has 0 aromatic carbocycles. The monoisotopic (exact) mass is 340 g/mol. The van der Waals surface area contributed by atoms with Crippen LogP contribution in [0.4, 0.5) is 0 Å². The fraction of sp³-hybridized carbons (Fsp3) is 0.722. The highest BCUT2D eigenvalue weighted by Crippen LogP contribution is 2.71. The summed E-state index contributed by atoms with van der Waals surface area (Å²) in [5.74, 6) is -0.195. The van der Waals surface area contributed by atoms with Gasteiger partial charge in [-0.15, -0.1) is 0 Å². The number of carbonyl (C=O) groups excluding carboxylic acids is 1. The molecule has 2 atom stereocenters. The molecule has 0 aromatic rings. The maximum atomic E-state index is 13.8. The zero-order valence-electron chi connectivity index (χ0n) is 15.1. The van der Waals surface area contributed by atoms with Crippen LogP contribution in [-0.4, -0.2) is 24.2 Å². The summed E-state index contributed by atoms with van der Waals surface area (Å²) in [7, 11) is -3.58. The zero-order valence-corrected chi connectivity index (χ0v) is 16.0. The molecular formula is C18H29O4P. The van der Waals surface area contributed by atoms with Gasteiger partial charge in [-0.2, -0.15) is 0 Å². The van der Waals surface area contributed by atoms with Crippen LogP contribution >= 0.6 is 7.60 Å². The highest BCUT2D eigenvalue weighted by atomic mass is 31.2. The second-order valence-electron chi connectivity index (χ2n) is 7.27. The third-order valence-electron chi connectivity index (χ3n) is 5.43. The van der Waals surface area contributed by atoms with Crippen molar-refractivity contribution in [2.24, 2.45) is 11.3 Å². The molecule has 0 spiro atoms. The van der Waals surface area contributed by atoms with Crippen LogP contribution in [-0.2, 0) is 18.4 Å². The molecule has 5 heteroatoms. The molecule has 0 heterocycles. The van der Waals surface area contributed by atoms with Crippen molar-refractivity contribution in [2.75, 3.05) is 13.2 Å². The standard InChI is InChI=1S/C18H29O4P/c1-7-21-23(20,22-8-2)18-12-14(4)13(3)11-15(18)17(5,6)10-9-16(18)19/h9-10,15H,7-8,11-12H2,1-6H3/t15-,18+/m1/s1. The second-order valence-corrected chi connectivity index (χ2v) is 9.58. The summed E-state index contributed by atoms with van der Waals surface area (Å²) in [6, 6.07) is 0. The Labute approximate surface area is 139 Å². The maximum Gasteiger partial charge on any atom is 0.345 e. The predicted molar refractivity (Wildman–Crippen MR) is 92.6 cm³/mol. The smallest absolute Gasteiger partial charge is 0.308 e. The van der Waals surface area contributed by atoms with Crippen molar-refractivity contribution < 1.29 is 18.4 Å². The third-order valence-corrected chi connectivity index (χ3v) is 8.29. The molecular weight excluding hydrogens is 311 g/mol. The Kier molecular flexibility index (Phi) is 5.11. The Morgan fingerprint density at radius 3 is 2.26 bits per heavy atom. The lowest BCUT2D eigenvalue weighted by Gasteiger charge is -2.53. The van der Waals surface area contributed by atoms with Gasteiger partial charge in [0.2, 0.25) is 0 Å². The minimum Gasteiger partial charge on any atom is -0.308 e. The van der Waals surface area contributed by atoms with Crippen molar-refractivity contribution in [3.63, 3.8) is 0 Å². The van der Waals surface area contributed by atoms with Gasteiger partial charge in [-0.3, -0.25) is 9.36 Å². The molecule has 0 N–H and O–H groups in total. The maximum absolute atomic E-state index is 13.8. The van der Waals surface area contributed by atoms with E-state index in [9.17, 15) is 9.36 Å². The molecule has 2 aliphatic rings. The number of hydrogen-bond acceptors (Lipinski definition) is 4. The van der Waals surface area contributed by atoms with Gasteiger partial charge < -0.3 is 9.05 Å².